The van der Waals surface area contributed by atoms with E-state index in [0.717, 1.165) is 27.7 Å². The molecule has 0 bridgehead atoms. The van der Waals surface area contributed by atoms with Crippen LogP contribution in [-0.4, -0.2) is 11.8 Å². The van der Waals surface area contributed by atoms with Crippen LogP contribution in [0, 0.1) is 16.7 Å². The van der Waals surface area contributed by atoms with E-state index in [2.05, 4.69) is 41.2 Å². The zero-order valence-electron chi connectivity index (χ0n) is 19.5. The Bertz CT molecular complexity index is 1240. The number of nitriles is 1. The van der Waals surface area contributed by atoms with Crippen molar-refractivity contribution in [3.63, 3.8) is 0 Å². The van der Waals surface area contributed by atoms with Crippen LogP contribution in [0.25, 0.3) is 0 Å². The summed E-state index contributed by atoms with van der Waals surface area (Å²) in [5.74, 6) is -1.02. The van der Waals surface area contributed by atoms with Crippen molar-refractivity contribution in [3.8, 4) is 6.07 Å². The molecule has 0 amide bonds. The van der Waals surface area contributed by atoms with Crippen LogP contribution in [0.2, 0.25) is 0 Å². The second-order valence-electron chi connectivity index (χ2n) is 9.65. The van der Waals surface area contributed by atoms with Crippen LogP contribution in [0.4, 0.5) is 0 Å². The van der Waals surface area contributed by atoms with E-state index in [-0.39, 0.29) is 17.6 Å². The van der Waals surface area contributed by atoms with Crippen molar-refractivity contribution in [2.45, 2.75) is 52.1 Å². The molecular weight excluding hydrogens is 492 g/mol. The molecule has 0 aromatic heterocycles. The van der Waals surface area contributed by atoms with E-state index in [1.54, 1.807) is 0 Å². The molecule has 0 radical (unpaired) electrons. The van der Waals surface area contributed by atoms with Gasteiger partial charge in [-0.25, -0.2) is 4.79 Å². The standard InChI is InChI=1S/C28H27BrN2O3/c1-17-24(27(33)34-23(12-13-30)18-8-5-4-6-9-18)25(19-10-7-11-20(29)14-19)26-21(31-17)15-28(2,3)16-22(26)32/h4-11,14,23,25,31H,12,15-16H2,1-3H3/t23-,25?/m1/s1. The normalized spacial score (nSPS) is 20.2. The van der Waals surface area contributed by atoms with Crippen LogP contribution < -0.4 is 5.32 Å². The molecule has 2 aliphatic rings. The number of rotatable bonds is 5. The van der Waals surface area contributed by atoms with Crippen LogP contribution in [0.15, 0.2) is 81.6 Å². The monoisotopic (exact) mass is 518 g/mol. The van der Waals surface area contributed by atoms with Gasteiger partial charge in [-0.1, -0.05) is 72.2 Å². The van der Waals surface area contributed by atoms with Crippen molar-refractivity contribution < 1.29 is 14.3 Å². The minimum Gasteiger partial charge on any atom is -0.453 e. The average molecular weight is 519 g/mol. The molecule has 1 unspecified atom stereocenters. The third-order valence-corrected chi connectivity index (χ3v) is 6.83. The zero-order chi connectivity index (χ0) is 24.5. The van der Waals surface area contributed by atoms with Gasteiger partial charge in [-0.2, -0.15) is 5.26 Å². The van der Waals surface area contributed by atoms with Gasteiger partial charge in [0.05, 0.1) is 18.1 Å². The van der Waals surface area contributed by atoms with Gasteiger partial charge in [0.2, 0.25) is 0 Å². The second-order valence-corrected chi connectivity index (χ2v) is 10.6. The first-order valence-electron chi connectivity index (χ1n) is 11.3. The molecule has 5 nitrogen and oxygen atoms in total. The van der Waals surface area contributed by atoms with Gasteiger partial charge in [0, 0.05) is 33.8 Å². The Morgan fingerprint density at radius 2 is 1.94 bits per heavy atom. The summed E-state index contributed by atoms with van der Waals surface area (Å²) in [4.78, 5) is 27.1. The Balaban J connectivity index is 1.78. The molecule has 1 N–H and O–H groups in total. The Morgan fingerprint density at radius 1 is 1.21 bits per heavy atom. The third-order valence-electron chi connectivity index (χ3n) is 6.34. The van der Waals surface area contributed by atoms with Crippen LogP contribution in [-0.2, 0) is 14.3 Å². The highest BCUT2D eigenvalue weighted by Crippen LogP contribution is 2.47. The summed E-state index contributed by atoms with van der Waals surface area (Å²) in [7, 11) is 0. The van der Waals surface area contributed by atoms with Crippen molar-refractivity contribution in [1.82, 2.24) is 5.32 Å². The van der Waals surface area contributed by atoms with E-state index in [9.17, 15) is 14.9 Å². The maximum Gasteiger partial charge on any atom is 0.337 e. The van der Waals surface area contributed by atoms with E-state index < -0.39 is 18.0 Å². The summed E-state index contributed by atoms with van der Waals surface area (Å²) < 4.78 is 6.79. The number of carbonyl (C=O) groups excluding carboxylic acids is 2. The highest BCUT2D eigenvalue weighted by Gasteiger charge is 2.43. The molecule has 0 fully saturated rings. The minimum atomic E-state index is -0.696. The first-order valence-corrected chi connectivity index (χ1v) is 12.1. The van der Waals surface area contributed by atoms with Crippen LogP contribution in [0.5, 0.6) is 0 Å². The number of carbonyl (C=O) groups is 2. The first-order chi connectivity index (χ1) is 16.2. The van der Waals surface area contributed by atoms with Gasteiger partial charge in [-0.05, 0) is 42.0 Å². The summed E-state index contributed by atoms with van der Waals surface area (Å²) in [6.45, 7) is 6.01. The number of ether oxygens (including phenoxy) is 1. The average Bonchev–Trinajstić information content (AvgIpc) is 2.77. The summed E-state index contributed by atoms with van der Waals surface area (Å²) in [5, 5.41) is 12.7. The number of allylic oxidation sites excluding steroid dienone is 3. The predicted molar refractivity (Wildman–Crippen MR) is 133 cm³/mol. The molecule has 1 aliphatic carbocycles. The van der Waals surface area contributed by atoms with Crippen molar-refractivity contribution in [1.29, 1.82) is 5.26 Å². The molecule has 0 spiro atoms. The number of benzene rings is 2. The summed E-state index contributed by atoms with van der Waals surface area (Å²) >= 11 is 3.53. The highest BCUT2D eigenvalue weighted by molar-refractivity contribution is 9.10. The molecule has 2 atom stereocenters. The first kappa shape index (κ1) is 24.0. The lowest BCUT2D eigenvalue weighted by Gasteiger charge is -2.39. The fourth-order valence-electron chi connectivity index (χ4n) is 4.90. The quantitative estimate of drug-likeness (QED) is 0.473. The molecule has 4 rings (SSSR count). The Hall–Kier alpha value is -3.17. The fourth-order valence-corrected chi connectivity index (χ4v) is 5.31. The zero-order valence-corrected chi connectivity index (χ0v) is 21.1. The number of halogens is 1. The number of Topliss-reactive ketones (excluding diaryl/α,β-unsaturated/α-hetero) is 1. The molecule has 174 valence electrons. The third kappa shape index (κ3) is 4.85. The lowest BCUT2D eigenvalue weighted by Crippen LogP contribution is -2.38. The molecule has 1 aliphatic heterocycles. The number of nitrogens with zero attached hydrogens (tertiary/aromatic N) is 1. The van der Waals surface area contributed by atoms with Gasteiger partial charge in [0.1, 0.15) is 6.10 Å². The lowest BCUT2D eigenvalue weighted by molar-refractivity contribution is -0.144. The van der Waals surface area contributed by atoms with Crippen LogP contribution >= 0.6 is 15.9 Å². The number of nitrogens with one attached hydrogen (secondary N) is 1. The summed E-state index contributed by atoms with van der Waals surface area (Å²) in [6.07, 6.45) is 0.483. The van der Waals surface area contributed by atoms with E-state index in [1.807, 2.05) is 61.5 Å². The van der Waals surface area contributed by atoms with E-state index >= 15 is 0 Å². The van der Waals surface area contributed by atoms with Gasteiger partial charge in [-0.3, -0.25) is 4.79 Å². The number of ketones is 1. The minimum absolute atomic E-state index is 0.0398. The number of esters is 1. The van der Waals surface area contributed by atoms with Gasteiger partial charge in [0.25, 0.3) is 0 Å². The van der Waals surface area contributed by atoms with Gasteiger partial charge >= 0.3 is 5.97 Å². The number of hydrogen-bond donors (Lipinski definition) is 1. The van der Waals surface area contributed by atoms with Crippen molar-refractivity contribution >= 4 is 27.7 Å². The Labute approximate surface area is 208 Å². The molecule has 2 aromatic carbocycles. The van der Waals surface area contributed by atoms with E-state index in [1.165, 1.54) is 0 Å². The summed E-state index contributed by atoms with van der Waals surface area (Å²) in [6, 6.07) is 19.1. The molecular formula is C28H27BrN2O3. The number of dihydropyridines is 1. The van der Waals surface area contributed by atoms with Gasteiger partial charge in [-0.15, -0.1) is 0 Å². The smallest absolute Gasteiger partial charge is 0.337 e. The van der Waals surface area contributed by atoms with E-state index in [0.29, 0.717) is 23.3 Å². The number of hydrogen-bond acceptors (Lipinski definition) is 5. The predicted octanol–water partition coefficient (Wildman–Crippen LogP) is 6.25. The molecule has 0 saturated carbocycles. The van der Waals surface area contributed by atoms with E-state index in [4.69, 9.17) is 4.74 Å². The van der Waals surface area contributed by atoms with Crippen molar-refractivity contribution in [2.24, 2.45) is 5.41 Å². The van der Waals surface area contributed by atoms with Crippen LogP contribution in [0.3, 0.4) is 0 Å². The van der Waals surface area contributed by atoms with Crippen molar-refractivity contribution in [2.75, 3.05) is 0 Å². The molecule has 2 aromatic rings. The Kier molecular flexibility index (Phi) is 6.77. The second kappa shape index (κ2) is 9.60. The van der Waals surface area contributed by atoms with Crippen LogP contribution in [0.1, 0.15) is 63.2 Å². The molecule has 34 heavy (non-hydrogen) atoms. The molecule has 0 saturated heterocycles. The Morgan fingerprint density at radius 3 is 2.62 bits per heavy atom. The highest BCUT2D eigenvalue weighted by atomic mass is 79.9. The van der Waals surface area contributed by atoms with Gasteiger partial charge in [0.15, 0.2) is 5.78 Å². The fraction of sp³-hybridized carbons (Fsp3) is 0.321. The SMILES string of the molecule is CC1=C(C(=O)O[C@H](CC#N)c2ccccc2)C(c2cccc(Br)c2)C2=C(CC(C)(C)CC2=O)N1. The largest absolute Gasteiger partial charge is 0.453 e. The molecule has 1 heterocycles. The lowest BCUT2D eigenvalue weighted by atomic mass is 9.68. The molecule has 6 heteroatoms. The topological polar surface area (TPSA) is 79.2 Å². The summed E-state index contributed by atoms with van der Waals surface area (Å²) in [5.41, 5.74) is 4.03. The maximum absolute atomic E-state index is 13.7. The maximum atomic E-state index is 13.7. The van der Waals surface area contributed by atoms with Gasteiger partial charge < -0.3 is 10.1 Å². The van der Waals surface area contributed by atoms with Crippen molar-refractivity contribution in [3.05, 3.63) is 92.7 Å².